The molecule has 1 aliphatic carbocycles. The van der Waals surface area contributed by atoms with E-state index >= 15 is 0 Å². The Labute approximate surface area is 186 Å². The third-order valence-corrected chi connectivity index (χ3v) is 6.03. The number of methoxy groups -OCH3 is 1. The molecule has 1 aliphatic heterocycles. The summed E-state index contributed by atoms with van der Waals surface area (Å²) in [6.45, 7) is 0.454. The normalized spacial score (nSPS) is 24.0. The van der Waals surface area contributed by atoms with Crippen LogP contribution in [0.1, 0.15) is 30.4 Å². The topological polar surface area (TPSA) is 76.7 Å². The number of carbonyl (C=O) groups is 2. The Morgan fingerprint density at radius 2 is 2.00 bits per heavy atom. The molecule has 2 aromatic rings. The first-order valence-electron chi connectivity index (χ1n) is 10.4. The number of amides is 2. The molecular weight excluding hydrogens is 416 g/mol. The van der Waals surface area contributed by atoms with E-state index in [2.05, 4.69) is 10.6 Å². The predicted octanol–water partition coefficient (Wildman–Crippen LogP) is 3.69. The van der Waals surface area contributed by atoms with Crippen LogP contribution in [0.4, 0.5) is 0 Å². The lowest BCUT2D eigenvalue weighted by molar-refractivity contribution is -0.134. The van der Waals surface area contributed by atoms with Crippen LogP contribution in [0.2, 0.25) is 5.02 Å². The van der Waals surface area contributed by atoms with Crippen molar-refractivity contribution in [3.8, 4) is 5.75 Å². The number of benzene rings is 2. The summed E-state index contributed by atoms with van der Waals surface area (Å²) >= 11 is 5.90. The van der Waals surface area contributed by atoms with Gasteiger partial charge in [0.15, 0.2) is 5.76 Å². The lowest BCUT2D eigenvalue weighted by Gasteiger charge is -2.39. The summed E-state index contributed by atoms with van der Waals surface area (Å²) in [5.41, 5.74) is 1.77. The third-order valence-electron chi connectivity index (χ3n) is 5.78. The molecule has 1 saturated heterocycles. The maximum atomic E-state index is 12.7. The maximum absolute atomic E-state index is 12.7. The molecule has 0 aromatic heterocycles. The highest BCUT2D eigenvalue weighted by Crippen LogP contribution is 2.32. The Hall–Kier alpha value is -2.99. The summed E-state index contributed by atoms with van der Waals surface area (Å²) in [6, 6.07) is 14.7. The van der Waals surface area contributed by atoms with Crippen molar-refractivity contribution in [3.05, 3.63) is 70.4 Å². The van der Waals surface area contributed by atoms with Crippen LogP contribution in [0.25, 0.3) is 6.08 Å². The van der Waals surface area contributed by atoms with Crippen LogP contribution in [0.5, 0.6) is 5.75 Å². The molecule has 7 heteroatoms. The number of hydrogen-bond acceptors (Lipinski definition) is 4. The standard InChI is InChI=1S/C24H25ClN2O4/c1-30-20-5-3-2-4-16(20)13-22-24(29)27-19-12-17(8-11-21(19)31-22)23(28)26-14-15-6-9-18(25)10-7-15/h2-7,9-10,13,17,19,21H,8,11-12,14H2,1H3,(H,26,28)(H,27,29)/b22-13-. The highest BCUT2D eigenvalue weighted by Gasteiger charge is 2.40. The molecule has 1 saturated carbocycles. The second-order valence-electron chi connectivity index (χ2n) is 7.84. The largest absolute Gasteiger partial charge is 0.496 e. The lowest BCUT2D eigenvalue weighted by atomic mass is 9.82. The summed E-state index contributed by atoms with van der Waals surface area (Å²) in [6.07, 6.45) is 3.54. The average molecular weight is 441 g/mol. The van der Waals surface area contributed by atoms with Crippen molar-refractivity contribution < 1.29 is 19.1 Å². The van der Waals surface area contributed by atoms with Crippen LogP contribution in [-0.2, 0) is 20.9 Å². The minimum atomic E-state index is -0.269. The van der Waals surface area contributed by atoms with Gasteiger partial charge < -0.3 is 20.1 Å². The predicted molar refractivity (Wildman–Crippen MR) is 118 cm³/mol. The molecular formula is C24H25ClN2O4. The first-order chi connectivity index (χ1) is 15.0. The number of rotatable bonds is 5. The molecule has 4 rings (SSSR count). The summed E-state index contributed by atoms with van der Waals surface area (Å²) in [7, 11) is 1.59. The highest BCUT2D eigenvalue weighted by molar-refractivity contribution is 6.30. The molecule has 162 valence electrons. The fourth-order valence-corrected chi connectivity index (χ4v) is 4.22. The van der Waals surface area contributed by atoms with Gasteiger partial charge in [-0.15, -0.1) is 0 Å². The molecule has 0 radical (unpaired) electrons. The Balaban J connectivity index is 1.36. The van der Waals surface area contributed by atoms with Crippen molar-refractivity contribution in [1.29, 1.82) is 0 Å². The molecule has 2 aliphatic rings. The Morgan fingerprint density at radius 3 is 2.77 bits per heavy atom. The molecule has 0 bridgehead atoms. The zero-order chi connectivity index (χ0) is 21.8. The molecule has 0 spiro atoms. The van der Waals surface area contributed by atoms with E-state index in [4.69, 9.17) is 21.1 Å². The fourth-order valence-electron chi connectivity index (χ4n) is 4.09. The molecule has 3 atom stereocenters. The number of nitrogens with one attached hydrogen (secondary N) is 2. The van der Waals surface area contributed by atoms with Gasteiger partial charge >= 0.3 is 0 Å². The Kier molecular flexibility index (Phi) is 6.47. The zero-order valence-electron chi connectivity index (χ0n) is 17.3. The molecule has 3 unspecified atom stereocenters. The van der Waals surface area contributed by atoms with E-state index in [0.717, 1.165) is 11.1 Å². The molecule has 2 fully saturated rings. The number of para-hydroxylation sites is 1. The van der Waals surface area contributed by atoms with Gasteiger partial charge in [-0.25, -0.2) is 0 Å². The lowest BCUT2D eigenvalue weighted by Crippen LogP contribution is -2.54. The second-order valence-corrected chi connectivity index (χ2v) is 8.28. The smallest absolute Gasteiger partial charge is 0.286 e. The van der Waals surface area contributed by atoms with E-state index in [1.165, 1.54) is 0 Å². The van der Waals surface area contributed by atoms with E-state index in [9.17, 15) is 9.59 Å². The van der Waals surface area contributed by atoms with E-state index in [1.807, 2.05) is 36.4 Å². The molecule has 31 heavy (non-hydrogen) atoms. The van der Waals surface area contributed by atoms with Gasteiger partial charge in [0.2, 0.25) is 5.91 Å². The monoisotopic (exact) mass is 440 g/mol. The summed E-state index contributed by atoms with van der Waals surface area (Å²) in [5, 5.41) is 6.68. The van der Waals surface area contributed by atoms with Crippen molar-refractivity contribution in [2.75, 3.05) is 7.11 Å². The second kappa shape index (κ2) is 9.43. The highest BCUT2D eigenvalue weighted by atomic mass is 35.5. The SMILES string of the molecule is COc1ccccc1/C=C1\OC2CCC(C(=O)NCc3ccc(Cl)cc3)CC2NC1=O. The minimum Gasteiger partial charge on any atom is -0.496 e. The van der Waals surface area contributed by atoms with Gasteiger partial charge in [-0.1, -0.05) is 41.9 Å². The summed E-state index contributed by atoms with van der Waals surface area (Å²) in [4.78, 5) is 25.3. The average Bonchev–Trinajstić information content (AvgIpc) is 2.79. The Morgan fingerprint density at radius 1 is 1.23 bits per heavy atom. The summed E-state index contributed by atoms with van der Waals surface area (Å²) in [5.74, 6) is 0.524. The van der Waals surface area contributed by atoms with Gasteiger partial charge in [-0.2, -0.15) is 0 Å². The van der Waals surface area contributed by atoms with E-state index in [-0.39, 0.29) is 35.6 Å². The van der Waals surface area contributed by atoms with Crippen LogP contribution < -0.4 is 15.4 Å². The number of morpholine rings is 1. The number of carbonyl (C=O) groups excluding carboxylic acids is 2. The third kappa shape index (κ3) is 5.02. The van der Waals surface area contributed by atoms with Crippen LogP contribution in [0.15, 0.2) is 54.3 Å². The van der Waals surface area contributed by atoms with E-state index < -0.39 is 0 Å². The van der Waals surface area contributed by atoms with Crippen molar-refractivity contribution in [3.63, 3.8) is 0 Å². The van der Waals surface area contributed by atoms with Gasteiger partial charge in [0.1, 0.15) is 11.9 Å². The van der Waals surface area contributed by atoms with Crippen molar-refractivity contribution in [2.45, 2.75) is 38.0 Å². The van der Waals surface area contributed by atoms with Crippen molar-refractivity contribution in [2.24, 2.45) is 5.92 Å². The van der Waals surface area contributed by atoms with Crippen LogP contribution in [0.3, 0.4) is 0 Å². The van der Waals surface area contributed by atoms with Gasteiger partial charge in [-0.3, -0.25) is 9.59 Å². The van der Waals surface area contributed by atoms with Gasteiger partial charge in [0, 0.05) is 23.0 Å². The first kappa shape index (κ1) is 21.2. The van der Waals surface area contributed by atoms with Crippen LogP contribution in [0, 0.1) is 5.92 Å². The van der Waals surface area contributed by atoms with E-state index in [0.29, 0.717) is 36.6 Å². The Bertz CT molecular complexity index is 989. The van der Waals surface area contributed by atoms with Crippen molar-refractivity contribution >= 4 is 29.5 Å². The number of ether oxygens (including phenoxy) is 2. The molecule has 2 N–H and O–H groups in total. The number of halogens is 1. The van der Waals surface area contributed by atoms with Crippen LogP contribution >= 0.6 is 11.6 Å². The minimum absolute atomic E-state index is 0.00184. The van der Waals surface area contributed by atoms with Gasteiger partial charge in [0.25, 0.3) is 5.91 Å². The van der Waals surface area contributed by atoms with Gasteiger partial charge in [-0.05, 0) is 49.1 Å². The number of hydrogen-bond donors (Lipinski definition) is 2. The number of fused-ring (bicyclic) bond motifs is 1. The van der Waals surface area contributed by atoms with Gasteiger partial charge in [0.05, 0.1) is 13.2 Å². The summed E-state index contributed by atoms with van der Waals surface area (Å²) < 4.78 is 11.4. The molecule has 2 aromatic carbocycles. The molecule has 1 heterocycles. The first-order valence-corrected chi connectivity index (χ1v) is 10.8. The quantitative estimate of drug-likeness (QED) is 0.695. The molecule has 2 amide bonds. The van der Waals surface area contributed by atoms with Crippen LogP contribution in [-0.4, -0.2) is 31.1 Å². The van der Waals surface area contributed by atoms with Crippen molar-refractivity contribution in [1.82, 2.24) is 10.6 Å². The fraction of sp³-hybridized carbons (Fsp3) is 0.333. The maximum Gasteiger partial charge on any atom is 0.286 e. The molecule has 6 nitrogen and oxygen atoms in total. The van der Waals surface area contributed by atoms with E-state index in [1.54, 1.807) is 25.3 Å². The zero-order valence-corrected chi connectivity index (χ0v) is 18.0.